The number of aliphatic hydroxyl groups excluding tert-OH is 1. The molecular weight excluding hydrogens is 378 g/mol. The Morgan fingerprint density at radius 2 is 2.10 bits per heavy atom. The lowest BCUT2D eigenvalue weighted by Gasteiger charge is -2.31. The van der Waals surface area contributed by atoms with E-state index in [2.05, 4.69) is 14.5 Å². The van der Waals surface area contributed by atoms with Crippen LogP contribution in [0.5, 0.6) is 0 Å². The number of carbonyl (C=O) groups is 1. The molecule has 2 unspecified atom stereocenters. The van der Waals surface area contributed by atoms with E-state index in [1.807, 2.05) is 37.3 Å². The molecule has 4 heterocycles. The van der Waals surface area contributed by atoms with Crippen LogP contribution in [0.2, 0.25) is 0 Å². The van der Waals surface area contributed by atoms with E-state index < -0.39 is 6.10 Å². The number of pyridine rings is 1. The molecule has 6 heteroatoms. The Morgan fingerprint density at radius 3 is 2.90 bits per heavy atom. The fraction of sp³-hybridized carbons (Fsp3) is 0.417. The molecule has 5 rings (SSSR count). The lowest BCUT2D eigenvalue weighted by atomic mass is 9.95. The minimum atomic E-state index is -0.612. The van der Waals surface area contributed by atoms with Crippen LogP contribution in [0.25, 0.3) is 10.9 Å². The maximum absolute atomic E-state index is 12.4. The van der Waals surface area contributed by atoms with Gasteiger partial charge in [0.1, 0.15) is 0 Å². The first-order valence-electron chi connectivity index (χ1n) is 10.8. The van der Waals surface area contributed by atoms with E-state index in [0.29, 0.717) is 24.8 Å². The largest absolute Gasteiger partial charge is 0.462 e. The Hall–Kier alpha value is -2.70. The number of hydrogen-bond donors (Lipinski definition) is 1. The first-order chi connectivity index (χ1) is 14.7. The van der Waals surface area contributed by atoms with Gasteiger partial charge in [0.25, 0.3) is 0 Å². The van der Waals surface area contributed by atoms with Crippen molar-refractivity contribution in [3.05, 3.63) is 65.1 Å². The fourth-order valence-electron chi connectivity index (χ4n) is 5.16. The highest BCUT2D eigenvalue weighted by Crippen LogP contribution is 2.43. The molecule has 2 aliphatic rings. The van der Waals surface area contributed by atoms with Crippen molar-refractivity contribution >= 4 is 16.9 Å². The summed E-state index contributed by atoms with van der Waals surface area (Å²) in [6, 6.07) is 9.96. The topological polar surface area (TPSA) is 67.6 Å². The SMILES string of the molecule is CCOC(=O)c1ccc2c(c1)c1c(n2CC(O)c2ccncc2)CCN2CCCC12. The summed E-state index contributed by atoms with van der Waals surface area (Å²) >= 11 is 0. The summed E-state index contributed by atoms with van der Waals surface area (Å²) in [5.41, 5.74) is 5.16. The van der Waals surface area contributed by atoms with Crippen molar-refractivity contribution < 1.29 is 14.6 Å². The van der Waals surface area contributed by atoms with Crippen molar-refractivity contribution in [3.8, 4) is 0 Å². The predicted molar refractivity (Wildman–Crippen MR) is 114 cm³/mol. The molecule has 0 saturated carbocycles. The van der Waals surface area contributed by atoms with E-state index in [1.54, 1.807) is 12.4 Å². The van der Waals surface area contributed by atoms with Crippen molar-refractivity contribution in [1.29, 1.82) is 0 Å². The number of aliphatic hydroxyl groups is 1. The average molecular weight is 405 g/mol. The zero-order valence-corrected chi connectivity index (χ0v) is 17.3. The lowest BCUT2D eigenvalue weighted by molar-refractivity contribution is 0.0526. The van der Waals surface area contributed by atoms with Crippen LogP contribution in [0, 0.1) is 0 Å². The molecule has 0 aliphatic carbocycles. The molecule has 30 heavy (non-hydrogen) atoms. The third-order valence-corrected chi connectivity index (χ3v) is 6.50. The van der Waals surface area contributed by atoms with Crippen molar-refractivity contribution in [2.45, 2.75) is 44.9 Å². The smallest absolute Gasteiger partial charge is 0.338 e. The molecule has 2 atom stereocenters. The van der Waals surface area contributed by atoms with E-state index in [4.69, 9.17) is 4.74 Å². The number of benzene rings is 1. The van der Waals surface area contributed by atoms with Crippen LogP contribution in [-0.4, -0.2) is 45.2 Å². The second-order valence-electron chi connectivity index (χ2n) is 8.16. The maximum Gasteiger partial charge on any atom is 0.338 e. The van der Waals surface area contributed by atoms with Crippen molar-refractivity contribution in [2.24, 2.45) is 0 Å². The van der Waals surface area contributed by atoms with Gasteiger partial charge in [-0.2, -0.15) is 0 Å². The van der Waals surface area contributed by atoms with Crippen LogP contribution in [0.4, 0.5) is 0 Å². The quantitative estimate of drug-likeness (QED) is 0.657. The van der Waals surface area contributed by atoms with Crippen LogP contribution < -0.4 is 0 Å². The molecular formula is C24H27N3O3. The van der Waals surface area contributed by atoms with Gasteiger partial charge in [-0.05, 0) is 67.8 Å². The van der Waals surface area contributed by atoms with Crippen LogP contribution in [0.15, 0.2) is 42.7 Å². The molecule has 1 N–H and O–H groups in total. The molecule has 0 spiro atoms. The molecule has 1 aromatic carbocycles. The van der Waals surface area contributed by atoms with Gasteiger partial charge in [0.2, 0.25) is 0 Å². The van der Waals surface area contributed by atoms with E-state index >= 15 is 0 Å². The van der Waals surface area contributed by atoms with Crippen molar-refractivity contribution in [1.82, 2.24) is 14.5 Å². The van der Waals surface area contributed by atoms with E-state index in [-0.39, 0.29) is 5.97 Å². The van der Waals surface area contributed by atoms with E-state index in [0.717, 1.165) is 42.4 Å². The number of aromatic nitrogens is 2. The second kappa shape index (κ2) is 7.85. The molecule has 1 fully saturated rings. The molecule has 2 aromatic heterocycles. The van der Waals surface area contributed by atoms with Gasteiger partial charge in [0, 0.05) is 48.0 Å². The summed E-state index contributed by atoms with van der Waals surface area (Å²) in [6.07, 6.45) is 6.11. The van der Waals surface area contributed by atoms with Gasteiger partial charge >= 0.3 is 5.97 Å². The van der Waals surface area contributed by atoms with Crippen molar-refractivity contribution in [3.63, 3.8) is 0 Å². The highest BCUT2D eigenvalue weighted by atomic mass is 16.5. The summed E-state index contributed by atoms with van der Waals surface area (Å²) in [4.78, 5) is 19.0. The fourth-order valence-corrected chi connectivity index (χ4v) is 5.16. The summed E-state index contributed by atoms with van der Waals surface area (Å²) in [7, 11) is 0. The molecule has 156 valence electrons. The second-order valence-corrected chi connectivity index (χ2v) is 8.16. The van der Waals surface area contributed by atoms with Gasteiger partial charge in [-0.1, -0.05) is 0 Å². The molecule has 2 aliphatic heterocycles. The Morgan fingerprint density at radius 1 is 1.27 bits per heavy atom. The first kappa shape index (κ1) is 19.3. The molecule has 0 radical (unpaired) electrons. The predicted octanol–water partition coefficient (Wildman–Crippen LogP) is 3.64. The van der Waals surface area contributed by atoms with Gasteiger partial charge in [0.15, 0.2) is 0 Å². The van der Waals surface area contributed by atoms with E-state index in [9.17, 15) is 9.90 Å². The van der Waals surface area contributed by atoms with Gasteiger partial charge in [-0.3, -0.25) is 9.88 Å². The highest BCUT2D eigenvalue weighted by Gasteiger charge is 2.35. The number of fused-ring (bicyclic) bond motifs is 5. The van der Waals surface area contributed by atoms with Crippen LogP contribution in [-0.2, 0) is 17.7 Å². The molecule has 3 aromatic rings. The summed E-state index contributed by atoms with van der Waals surface area (Å²) < 4.78 is 7.50. The Balaban J connectivity index is 1.62. The number of carbonyl (C=O) groups excluding carboxylic acids is 1. The lowest BCUT2D eigenvalue weighted by Crippen LogP contribution is -2.31. The molecule has 0 bridgehead atoms. The number of rotatable bonds is 5. The third kappa shape index (κ3) is 3.20. The number of hydrogen-bond acceptors (Lipinski definition) is 5. The first-order valence-corrected chi connectivity index (χ1v) is 10.8. The van der Waals surface area contributed by atoms with Gasteiger partial charge in [-0.25, -0.2) is 4.79 Å². The molecule has 1 saturated heterocycles. The van der Waals surface area contributed by atoms with Crippen molar-refractivity contribution in [2.75, 3.05) is 19.7 Å². The average Bonchev–Trinajstić information content (AvgIpc) is 3.37. The number of nitrogens with zero attached hydrogens (tertiary/aromatic N) is 3. The maximum atomic E-state index is 12.4. The zero-order valence-electron chi connectivity index (χ0n) is 17.3. The standard InChI is InChI=1S/C24H27N3O3/c1-2-30-24(29)17-5-6-19-18(14-17)23-20-4-3-12-26(20)13-9-21(23)27(19)15-22(28)16-7-10-25-11-8-16/h5-8,10-11,14,20,22,28H,2-4,9,12-13,15H2,1H3. The summed E-state index contributed by atoms with van der Waals surface area (Å²) in [5.74, 6) is -0.281. The minimum absolute atomic E-state index is 0.281. The van der Waals surface area contributed by atoms with E-state index in [1.165, 1.54) is 17.7 Å². The number of ether oxygens (including phenoxy) is 1. The Labute approximate surface area is 176 Å². The monoisotopic (exact) mass is 405 g/mol. The highest BCUT2D eigenvalue weighted by molar-refractivity contribution is 5.96. The Bertz CT molecular complexity index is 1080. The molecule has 0 amide bonds. The zero-order chi connectivity index (χ0) is 20.7. The van der Waals surface area contributed by atoms with Crippen LogP contribution in [0.3, 0.4) is 0 Å². The van der Waals surface area contributed by atoms with Gasteiger partial charge in [-0.15, -0.1) is 0 Å². The Kier molecular flexibility index (Phi) is 5.05. The minimum Gasteiger partial charge on any atom is -0.462 e. The third-order valence-electron chi connectivity index (χ3n) is 6.50. The van der Waals surface area contributed by atoms with Crippen LogP contribution >= 0.6 is 0 Å². The normalized spacial score (nSPS) is 19.5. The summed E-state index contributed by atoms with van der Waals surface area (Å²) in [6.45, 7) is 4.86. The van der Waals surface area contributed by atoms with Gasteiger partial charge < -0.3 is 14.4 Å². The van der Waals surface area contributed by atoms with Gasteiger partial charge in [0.05, 0.1) is 24.8 Å². The number of esters is 1. The van der Waals surface area contributed by atoms with Crippen LogP contribution in [0.1, 0.15) is 59.1 Å². The summed E-state index contributed by atoms with van der Waals surface area (Å²) in [5, 5.41) is 12.0. The molecule has 6 nitrogen and oxygen atoms in total.